The molecule has 2 aliphatic carbocycles. The zero-order chi connectivity index (χ0) is 18.9. The van der Waals surface area contributed by atoms with E-state index in [1.165, 1.54) is 17.5 Å². The number of hydrogen-bond donors (Lipinski definition) is 1. The SMILES string of the molecule is CCOC(=O)C1(C(=O)Nc2cccc3c2CCCC3)Cc2ccccc2C1. The minimum absolute atomic E-state index is 0.254. The minimum atomic E-state index is -1.18. The molecule has 0 heterocycles. The van der Waals surface area contributed by atoms with Crippen LogP contribution >= 0.6 is 0 Å². The van der Waals surface area contributed by atoms with Crippen molar-refractivity contribution in [2.24, 2.45) is 5.41 Å². The monoisotopic (exact) mass is 363 g/mol. The Bertz CT molecular complexity index is 862. The van der Waals surface area contributed by atoms with Crippen LogP contribution in [0.3, 0.4) is 0 Å². The highest BCUT2D eigenvalue weighted by atomic mass is 16.5. The van der Waals surface area contributed by atoms with Gasteiger partial charge in [0, 0.05) is 5.69 Å². The fraction of sp³-hybridized carbons (Fsp3) is 0.391. The Morgan fingerprint density at radius 2 is 1.63 bits per heavy atom. The lowest BCUT2D eigenvalue weighted by Crippen LogP contribution is -2.45. The predicted octanol–water partition coefficient (Wildman–Crippen LogP) is 3.85. The summed E-state index contributed by atoms with van der Waals surface area (Å²) in [5.74, 6) is -0.681. The van der Waals surface area contributed by atoms with E-state index in [2.05, 4.69) is 11.4 Å². The topological polar surface area (TPSA) is 55.4 Å². The lowest BCUT2D eigenvalue weighted by atomic mass is 9.83. The van der Waals surface area contributed by atoms with E-state index in [1.54, 1.807) is 6.92 Å². The van der Waals surface area contributed by atoms with Crippen LogP contribution in [0.1, 0.15) is 42.0 Å². The van der Waals surface area contributed by atoms with Crippen LogP contribution in [0.4, 0.5) is 5.69 Å². The molecule has 4 rings (SSSR count). The molecular weight excluding hydrogens is 338 g/mol. The van der Waals surface area contributed by atoms with Crippen molar-refractivity contribution in [2.75, 3.05) is 11.9 Å². The molecule has 0 atom stereocenters. The summed E-state index contributed by atoms with van der Waals surface area (Å²) in [6.07, 6.45) is 5.12. The van der Waals surface area contributed by atoms with Crippen LogP contribution < -0.4 is 5.32 Å². The van der Waals surface area contributed by atoms with E-state index in [4.69, 9.17) is 4.74 Å². The summed E-state index contributed by atoms with van der Waals surface area (Å²) in [4.78, 5) is 26.3. The highest BCUT2D eigenvalue weighted by Crippen LogP contribution is 2.40. The maximum atomic E-state index is 13.4. The Hall–Kier alpha value is -2.62. The van der Waals surface area contributed by atoms with Gasteiger partial charge in [0.1, 0.15) is 0 Å². The number of hydrogen-bond acceptors (Lipinski definition) is 3. The van der Waals surface area contributed by atoms with E-state index in [-0.39, 0.29) is 12.5 Å². The van der Waals surface area contributed by atoms with Crippen LogP contribution in [0, 0.1) is 5.41 Å². The van der Waals surface area contributed by atoms with Crippen LogP contribution in [0.5, 0.6) is 0 Å². The number of anilines is 1. The van der Waals surface area contributed by atoms with Gasteiger partial charge in [-0.1, -0.05) is 36.4 Å². The van der Waals surface area contributed by atoms with Crippen molar-refractivity contribution >= 4 is 17.6 Å². The highest BCUT2D eigenvalue weighted by Gasteiger charge is 2.51. The number of aryl methyl sites for hydroxylation is 1. The van der Waals surface area contributed by atoms with Gasteiger partial charge < -0.3 is 10.1 Å². The van der Waals surface area contributed by atoms with E-state index >= 15 is 0 Å². The number of carbonyl (C=O) groups is 2. The molecule has 0 radical (unpaired) electrons. The quantitative estimate of drug-likeness (QED) is 0.663. The van der Waals surface area contributed by atoms with Crippen LogP contribution in [0.15, 0.2) is 42.5 Å². The van der Waals surface area contributed by atoms with Gasteiger partial charge in [0.25, 0.3) is 0 Å². The smallest absolute Gasteiger partial charge is 0.322 e. The van der Waals surface area contributed by atoms with Gasteiger partial charge in [-0.15, -0.1) is 0 Å². The first-order valence-corrected chi connectivity index (χ1v) is 9.80. The number of rotatable bonds is 4. The molecule has 2 aromatic carbocycles. The molecule has 2 aromatic rings. The molecule has 0 saturated heterocycles. The lowest BCUT2D eigenvalue weighted by molar-refractivity contribution is -0.158. The number of benzene rings is 2. The predicted molar refractivity (Wildman–Crippen MR) is 105 cm³/mol. The number of amides is 1. The van der Waals surface area contributed by atoms with Gasteiger partial charge in [0.05, 0.1) is 6.61 Å². The lowest BCUT2D eigenvalue weighted by Gasteiger charge is -2.27. The fourth-order valence-corrected chi connectivity index (χ4v) is 4.42. The molecule has 0 saturated carbocycles. The first-order chi connectivity index (χ1) is 13.1. The average Bonchev–Trinajstić information content (AvgIpc) is 3.09. The van der Waals surface area contributed by atoms with Gasteiger partial charge in [-0.3, -0.25) is 9.59 Å². The third kappa shape index (κ3) is 3.14. The van der Waals surface area contributed by atoms with Gasteiger partial charge in [0.15, 0.2) is 5.41 Å². The molecule has 140 valence electrons. The van der Waals surface area contributed by atoms with E-state index < -0.39 is 11.4 Å². The van der Waals surface area contributed by atoms with Crippen molar-refractivity contribution in [1.29, 1.82) is 0 Å². The van der Waals surface area contributed by atoms with E-state index in [9.17, 15) is 9.59 Å². The first-order valence-electron chi connectivity index (χ1n) is 9.80. The second kappa shape index (κ2) is 7.18. The number of nitrogens with one attached hydrogen (secondary N) is 1. The number of fused-ring (bicyclic) bond motifs is 2. The molecule has 0 unspecified atom stereocenters. The maximum Gasteiger partial charge on any atom is 0.322 e. The second-order valence-corrected chi connectivity index (χ2v) is 7.53. The Labute approximate surface area is 159 Å². The standard InChI is InChI=1S/C23H25NO3/c1-2-27-22(26)23(14-17-9-3-4-10-18(17)15-23)21(25)24-20-13-7-11-16-8-5-6-12-19(16)20/h3-4,7,9-11,13H,2,5-6,8,12,14-15H2,1H3,(H,24,25). The molecule has 0 fully saturated rings. The first kappa shape index (κ1) is 17.8. The molecule has 1 N–H and O–H groups in total. The van der Waals surface area contributed by atoms with Crippen molar-refractivity contribution < 1.29 is 14.3 Å². The van der Waals surface area contributed by atoms with Crippen molar-refractivity contribution in [3.8, 4) is 0 Å². The second-order valence-electron chi connectivity index (χ2n) is 7.53. The van der Waals surface area contributed by atoms with Crippen LogP contribution in [0.25, 0.3) is 0 Å². The van der Waals surface area contributed by atoms with Crippen molar-refractivity contribution in [1.82, 2.24) is 0 Å². The number of ether oxygens (including phenoxy) is 1. The zero-order valence-electron chi connectivity index (χ0n) is 15.7. The van der Waals surface area contributed by atoms with Gasteiger partial charge in [-0.05, 0) is 73.8 Å². The third-order valence-corrected chi connectivity index (χ3v) is 5.85. The molecule has 0 spiro atoms. The van der Waals surface area contributed by atoms with Crippen LogP contribution in [-0.2, 0) is 40.0 Å². The van der Waals surface area contributed by atoms with E-state index in [0.29, 0.717) is 12.8 Å². The minimum Gasteiger partial charge on any atom is -0.465 e. The Morgan fingerprint density at radius 1 is 0.963 bits per heavy atom. The summed E-state index contributed by atoms with van der Waals surface area (Å²) in [7, 11) is 0. The maximum absolute atomic E-state index is 13.4. The number of carbonyl (C=O) groups excluding carboxylic acids is 2. The molecule has 0 bridgehead atoms. The Morgan fingerprint density at radius 3 is 2.33 bits per heavy atom. The van der Waals surface area contributed by atoms with Crippen molar-refractivity contribution in [2.45, 2.75) is 45.4 Å². The number of esters is 1. The Balaban J connectivity index is 1.66. The van der Waals surface area contributed by atoms with Gasteiger partial charge in [-0.25, -0.2) is 0 Å². The summed E-state index contributed by atoms with van der Waals surface area (Å²) in [5, 5.41) is 3.09. The molecule has 2 aliphatic rings. The average molecular weight is 363 g/mol. The summed E-state index contributed by atoms with van der Waals surface area (Å²) >= 11 is 0. The van der Waals surface area contributed by atoms with E-state index in [1.807, 2.05) is 36.4 Å². The third-order valence-electron chi connectivity index (χ3n) is 5.85. The molecular formula is C23H25NO3. The van der Waals surface area contributed by atoms with Crippen molar-refractivity contribution in [3.05, 3.63) is 64.7 Å². The van der Waals surface area contributed by atoms with Gasteiger partial charge in [0.2, 0.25) is 5.91 Å². The summed E-state index contributed by atoms with van der Waals surface area (Å²) in [6.45, 7) is 2.05. The molecule has 0 aromatic heterocycles. The Kier molecular flexibility index (Phi) is 4.73. The summed E-state index contributed by atoms with van der Waals surface area (Å²) < 4.78 is 5.33. The molecule has 27 heavy (non-hydrogen) atoms. The zero-order valence-corrected chi connectivity index (χ0v) is 15.7. The molecule has 1 amide bonds. The normalized spacial score (nSPS) is 16.9. The van der Waals surface area contributed by atoms with Gasteiger partial charge >= 0.3 is 5.97 Å². The molecule has 4 heteroatoms. The van der Waals surface area contributed by atoms with Crippen molar-refractivity contribution in [3.63, 3.8) is 0 Å². The largest absolute Gasteiger partial charge is 0.465 e. The van der Waals surface area contributed by atoms with Crippen LogP contribution in [0.2, 0.25) is 0 Å². The summed E-state index contributed by atoms with van der Waals surface area (Å²) in [5.41, 5.74) is 4.28. The fourth-order valence-electron chi connectivity index (χ4n) is 4.42. The highest BCUT2D eigenvalue weighted by molar-refractivity contribution is 6.10. The van der Waals surface area contributed by atoms with Crippen LogP contribution in [-0.4, -0.2) is 18.5 Å². The van der Waals surface area contributed by atoms with Gasteiger partial charge in [-0.2, -0.15) is 0 Å². The molecule has 0 aliphatic heterocycles. The van der Waals surface area contributed by atoms with E-state index in [0.717, 1.165) is 36.1 Å². The summed E-state index contributed by atoms with van der Waals surface area (Å²) in [6, 6.07) is 14.0. The molecule has 4 nitrogen and oxygen atoms in total.